The second-order valence-corrected chi connectivity index (χ2v) is 5.28. The third kappa shape index (κ3) is 6.70. The zero-order chi connectivity index (χ0) is 16.0. The number of benzene rings is 1. The van der Waals surface area contributed by atoms with Gasteiger partial charge in [0.25, 0.3) is 0 Å². The Balaban J connectivity index is 2.58. The Kier molecular flexibility index (Phi) is 6.32. The van der Waals surface area contributed by atoms with E-state index in [9.17, 15) is 18.0 Å². The van der Waals surface area contributed by atoms with Crippen LogP contribution in [0.5, 0.6) is 5.75 Å². The minimum atomic E-state index is -4.74. The average Bonchev–Trinajstić information content (AvgIpc) is 2.37. The van der Waals surface area contributed by atoms with Crippen LogP contribution in [0.3, 0.4) is 0 Å². The van der Waals surface area contributed by atoms with E-state index in [4.69, 9.17) is 0 Å². The van der Waals surface area contributed by atoms with Crippen molar-refractivity contribution in [3.05, 3.63) is 22.7 Å². The number of halogens is 4. The molecule has 1 unspecified atom stereocenters. The number of hydrogen-bond donors (Lipinski definition) is 2. The van der Waals surface area contributed by atoms with Gasteiger partial charge in [-0.1, -0.05) is 6.92 Å². The number of rotatable bonds is 6. The summed E-state index contributed by atoms with van der Waals surface area (Å²) in [6.45, 7) is 3.88. The summed E-state index contributed by atoms with van der Waals surface area (Å²) >= 11 is 2.99. The summed E-state index contributed by atoms with van der Waals surface area (Å²) in [6.07, 6.45) is -3.92. The van der Waals surface area contributed by atoms with E-state index in [0.717, 1.165) is 6.42 Å². The van der Waals surface area contributed by atoms with Gasteiger partial charge >= 0.3 is 6.36 Å². The average molecular weight is 369 g/mol. The van der Waals surface area contributed by atoms with Crippen LogP contribution >= 0.6 is 15.9 Å². The predicted octanol–water partition coefficient (Wildman–Crippen LogP) is 3.67. The van der Waals surface area contributed by atoms with Gasteiger partial charge in [0.2, 0.25) is 5.91 Å². The molecule has 0 bridgehead atoms. The standard InChI is InChI=1S/C13H16BrF3N2O2/c1-3-8(2)19-12(20)7-18-9-4-5-11(10(14)6-9)21-13(15,16)17/h4-6,8,18H,3,7H2,1-2H3,(H,19,20). The van der Waals surface area contributed by atoms with E-state index < -0.39 is 6.36 Å². The van der Waals surface area contributed by atoms with Crippen molar-refractivity contribution < 1.29 is 22.7 Å². The number of nitrogens with one attached hydrogen (secondary N) is 2. The third-order valence-corrected chi connectivity index (χ3v) is 3.25. The van der Waals surface area contributed by atoms with Gasteiger partial charge in [-0.15, -0.1) is 13.2 Å². The lowest BCUT2D eigenvalue weighted by atomic mass is 10.2. The first-order valence-electron chi connectivity index (χ1n) is 6.29. The van der Waals surface area contributed by atoms with Crippen LogP contribution in [0.25, 0.3) is 0 Å². The smallest absolute Gasteiger partial charge is 0.405 e. The highest BCUT2D eigenvalue weighted by atomic mass is 79.9. The molecule has 2 N–H and O–H groups in total. The molecular weight excluding hydrogens is 353 g/mol. The summed E-state index contributed by atoms with van der Waals surface area (Å²) in [6, 6.07) is 4.07. The van der Waals surface area contributed by atoms with E-state index in [0.29, 0.717) is 5.69 Å². The van der Waals surface area contributed by atoms with Crippen LogP contribution in [0.2, 0.25) is 0 Å². The second kappa shape index (κ2) is 7.53. The topological polar surface area (TPSA) is 50.4 Å². The fourth-order valence-electron chi connectivity index (χ4n) is 1.43. The molecule has 4 nitrogen and oxygen atoms in total. The van der Waals surface area contributed by atoms with E-state index in [-0.39, 0.29) is 28.7 Å². The minimum Gasteiger partial charge on any atom is -0.405 e. The van der Waals surface area contributed by atoms with E-state index in [1.807, 2.05) is 13.8 Å². The Hall–Kier alpha value is -1.44. The number of anilines is 1. The molecule has 0 saturated heterocycles. The zero-order valence-corrected chi connectivity index (χ0v) is 13.1. The van der Waals surface area contributed by atoms with E-state index >= 15 is 0 Å². The molecule has 118 valence electrons. The molecule has 0 radical (unpaired) electrons. The lowest BCUT2D eigenvalue weighted by Gasteiger charge is -2.14. The van der Waals surface area contributed by atoms with Crippen molar-refractivity contribution in [2.24, 2.45) is 0 Å². The van der Waals surface area contributed by atoms with Crippen molar-refractivity contribution in [3.63, 3.8) is 0 Å². The Morgan fingerprint density at radius 1 is 1.43 bits per heavy atom. The molecule has 1 rings (SSSR count). The highest BCUT2D eigenvalue weighted by Gasteiger charge is 2.31. The van der Waals surface area contributed by atoms with Crippen LogP contribution in [0.4, 0.5) is 18.9 Å². The number of ether oxygens (including phenoxy) is 1. The molecule has 0 heterocycles. The molecule has 0 aliphatic rings. The van der Waals surface area contributed by atoms with Crippen LogP contribution in [-0.2, 0) is 4.79 Å². The largest absolute Gasteiger partial charge is 0.573 e. The lowest BCUT2D eigenvalue weighted by molar-refractivity contribution is -0.274. The van der Waals surface area contributed by atoms with Crippen LogP contribution in [-0.4, -0.2) is 24.9 Å². The van der Waals surface area contributed by atoms with Crippen molar-refractivity contribution in [1.29, 1.82) is 0 Å². The lowest BCUT2D eigenvalue weighted by Crippen LogP contribution is -2.36. The molecule has 0 aliphatic heterocycles. The van der Waals surface area contributed by atoms with Gasteiger partial charge in [-0.3, -0.25) is 4.79 Å². The summed E-state index contributed by atoms with van der Waals surface area (Å²) in [7, 11) is 0. The Morgan fingerprint density at radius 3 is 2.62 bits per heavy atom. The zero-order valence-electron chi connectivity index (χ0n) is 11.6. The van der Waals surface area contributed by atoms with Gasteiger partial charge in [-0.25, -0.2) is 0 Å². The molecule has 1 atom stereocenters. The summed E-state index contributed by atoms with van der Waals surface area (Å²) in [5.74, 6) is -0.520. The number of amides is 1. The van der Waals surface area contributed by atoms with Crippen molar-refractivity contribution >= 4 is 27.5 Å². The van der Waals surface area contributed by atoms with Crippen molar-refractivity contribution in [2.45, 2.75) is 32.7 Å². The van der Waals surface area contributed by atoms with Crippen molar-refractivity contribution in [1.82, 2.24) is 5.32 Å². The molecule has 0 saturated carbocycles. The van der Waals surface area contributed by atoms with Crippen molar-refractivity contribution in [3.8, 4) is 5.75 Å². The van der Waals surface area contributed by atoms with Gasteiger partial charge in [0.1, 0.15) is 5.75 Å². The maximum absolute atomic E-state index is 12.1. The Morgan fingerprint density at radius 2 is 2.10 bits per heavy atom. The quantitative estimate of drug-likeness (QED) is 0.805. The molecule has 1 aromatic rings. The maximum Gasteiger partial charge on any atom is 0.573 e. The van der Waals surface area contributed by atoms with Gasteiger partial charge in [-0.05, 0) is 47.5 Å². The summed E-state index contributed by atoms with van der Waals surface area (Å²) in [5, 5.41) is 5.60. The third-order valence-electron chi connectivity index (χ3n) is 2.63. The van der Waals surface area contributed by atoms with Crippen LogP contribution in [0, 0.1) is 0 Å². The van der Waals surface area contributed by atoms with E-state index in [1.165, 1.54) is 18.2 Å². The number of carbonyl (C=O) groups excluding carboxylic acids is 1. The predicted molar refractivity (Wildman–Crippen MR) is 77.2 cm³/mol. The summed E-state index contributed by atoms with van der Waals surface area (Å²) < 4.78 is 40.3. The van der Waals surface area contributed by atoms with Crippen LogP contribution in [0.15, 0.2) is 22.7 Å². The first kappa shape index (κ1) is 17.6. The molecule has 1 amide bonds. The Bertz CT molecular complexity index is 495. The fourth-order valence-corrected chi connectivity index (χ4v) is 1.89. The van der Waals surface area contributed by atoms with Gasteiger partial charge in [0.15, 0.2) is 0 Å². The van der Waals surface area contributed by atoms with Gasteiger partial charge in [-0.2, -0.15) is 0 Å². The number of alkyl halides is 3. The minimum absolute atomic E-state index is 0.0380. The monoisotopic (exact) mass is 368 g/mol. The van der Waals surface area contributed by atoms with Gasteiger partial charge < -0.3 is 15.4 Å². The van der Waals surface area contributed by atoms with Crippen LogP contribution in [0.1, 0.15) is 20.3 Å². The number of carbonyl (C=O) groups is 1. The first-order valence-corrected chi connectivity index (χ1v) is 7.09. The van der Waals surface area contributed by atoms with Crippen molar-refractivity contribution in [2.75, 3.05) is 11.9 Å². The van der Waals surface area contributed by atoms with Gasteiger partial charge in [0, 0.05) is 11.7 Å². The molecule has 0 fully saturated rings. The normalized spacial score (nSPS) is 12.7. The van der Waals surface area contributed by atoms with Gasteiger partial charge in [0.05, 0.1) is 11.0 Å². The first-order chi connectivity index (χ1) is 9.71. The molecule has 0 aromatic heterocycles. The fraction of sp³-hybridized carbons (Fsp3) is 0.462. The summed E-state index contributed by atoms with van der Waals surface area (Å²) in [4.78, 5) is 11.6. The molecular formula is C13H16BrF3N2O2. The molecule has 1 aromatic carbocycles. The van der Waals surface area contributed by atoms with E-state index in [2.05, 4.69) is 31.3 Å². The maximum atomic E-state index is 12.1. The van der Waals surface area contributed by atoms with E-state index in [1.54, 1.807) is 0 Å². The highest BCUT2D eigenvalue weighted by molar-refractivity contribution is 9.10. The Labute approximate surface area is 129 Å². The summed E-state index contributed by atoms with van der Waals surface area (Å²) in [5.41, 5.74) is 0.510. The molecule has 8 heteroatoms. The highest BCUT2D eigenvalue weighted by Crippen LogP contribution is 2.32. The number of hydrogen-bond acceptors (Lipinski definition) is 3. The van der Waals surface area contributed by atoms with Crippen LogP contribution < -0.4 is 15.4 Å². The SMILES string of the molecule is CCC(C)NC(=O)CNc1ccc(OC(F)(F)F)c(Br)c1. The second-order valence-electron chi connectivity index (χ2n) is 4.42. The molecule has 0 aliphatic carbocycles. The molecule has 0 spiro atoms. The molecule has 21 heavy (non-hydrogen) atoms.